The molecule has 1 aliphatic rings. The number of carbonyl (C=O) groups excluding carboxylic acids is 1. The summed E-state index contributed by atoms with van der Waals surface area (Å²) in [6, 6.07) is 13.8. The molecular formula is C30H27N3O8S. The zero-order chi connectivity index (χ0) is 30.0. The molecular weight excluding hydrogens is 562 g/mol. The van der Waals surface area contributed by atoms with Gasteiger partial charge < -0.3 is 18.6 Å². The standard InChI is InChI=1S/C30H27N3O8S/c1-5-39-27-21(11-8-12-23(27)38-4)26-25(29(35)40-6-2)17(3)31-30-32(26)28(34)24(42-30)16-20-13-14-22(41-20)18-9-7-10-19(15-18)33(36)37/h7-16,26H,5-6H2,1-4H3/b24-16+/t26-/m1/s1. The van der Waals surface area contributed by atoms with E-state index in [9.17, 15) is 19.7 Å². The van der Waals surface area contributed by atoms with E-state index in [4.69, 9.17) is 18.6 Å². The number of furan rings is 1. The molecule has 2 aromatic heterocycles. The number of benzene rings is 2. The minimum Gasteiger partial charge on any atom is -0.493 e. The lowest BCUT2D eigenvalue weighted by Crippen LogP contribution is -2.40. The normalized spacial score (nSPS) is 14.8. The first kappa shape index (κ1) is 28.6. The summed E-state index contributed by atoms with van der Waals surface area (Å²) in [7, 11) is 1.52. The monoisotopic (exact) mass is 589 g/mol. The summed E-state index contributed by atoms with van der Waals surface area (Å²) in [5.41, 5.74) is 1.26. The fourth-order valence-electron chi connectivity index (χ4n) is 4.78. The zero-order valence-corrected chi connectivity index (χ0v) is 24.1. The first-order valence-corrected chi connectivity index (χ1v) is 13.9. The third-order valence-corrected chi connectivity index (χ3v) is 7.55. The Labute approximate surface area is 243 Å². The van der Waals surface area contributed by atoms with Gasteiger partial charge in [-0.15, -0.1) is 0 Å². The smallest absolute Gasteiger partial charge is 0.338 e. The first-order chi connectivity index (χ1) is 20.3. The van der Waals surface area contributed by atoms with Crippen LogP contribution in [0.1, 0.15) is 38.1 Å². The Balaban J connectivity index is 1.67. The number of nitro groups is 1. The Morgan fingerprint density at radius 3 is 2.67 bits per heavy atom. The molecule has 0 bridgehead atoms. The van der Waals surface area contributed by atoms with Crippen molar-refractivity contribution in [2.24, 2.45) is 4.99 Å². The maximum Gasteiger partial charge on any atom is 0.338 e. The molecule has 0 saturated carbocycles. The number of para-hydroxylation sites is 1. The number of allylic oxidation sites excluding steroid dienone is 1. The molecule has 2 aromatic carbocycles. The third-order valence-electron chi connectivity index (χ3n) is 6.57. The molecule has 3 heterocycles. The van der Waals surface area contributed by atoms with Crippen molar-refractivity contribution < 1.29 is 28.3 Å². The van der Waals surface area contributed by atoms with Crippen LogP contribution in [0.15, 0.2) is 80.1 Å². The fraction of sp³-hybridized carbons (Fsp3) is 0.233. The highest BCUT2D eigenvalue weighted by Crippen LogP contribution is 2.40. The summed E-state index contributed by atoms with van der Waals surface area (Å²) < 4.78 is 24.6. The maximum atomic E-state index is 14.0. The van der Waals surface area contributed by atoms with Crippen molar-refractivity contribution in [2.75, 3.05) is 20.3 Å². The molecule has 42 heavy (non-hydrogen) atoms. The van der Waals surface area contributed by atoms with E-state index >= 15 is 0 Å². The number of esters is 1. The minimum atomic E-state index is -0.892. The van der Waals surface area contributed by atoms with Gasteiger partial charge in [-0.2, -0.15) is 0 Å². The van der Waals surface area contributed by atoms with Crippen molar-refractivity contribution in [3.8, 4) is 22.8 Å². The van der Waals surface area contributed by atoms with E-state index in [0.717, 1.165) is 11.3 Å². The molecule has 1 atom stereocenters. The van der Waals surface area contributed by atoms with Gasteiger partial charge in [0.2, 0.25) is 0 Å². The highest BCUT2D eigenvalue weighted by Gasteiger charge is 2.36. The first-order valence-electron chi connectivity index (χ1n) is 13.1. The van der Waals surface area contributed by atoms with Crippen LogP contribution in [0.4, 0.5) is 5.69 Å². The molecule has 216 valence electrons. The number of rotatable bonds is 9. The average molecular weight is 590 g/mol. The van der Waals surface area contributed by atoms with Crippen LogP contribution in [0, 0.1) is 10.1 Å². The summed E-state index contributed by atoms with van der Waals surface area (Å²) in [5, 5.41) is 11.2. The lowest BCUT2D eigenvalue weighted by atomic mass is 9.94. The molecule has 1 aliphatic heterocycles. The Morgan fingerprint density at radius 2 is 1.95 bits per heavy atom. The van der Waals surface area contributed by atoms with Gasteiger partial charge in [0.25, 0.3) is 11.2 Å². The molecule has 11 nitrogen and oxygen atoms in total. The van der Waals surface area contributed by atoms with Gasteiger partial charge in [-0.3, -0.25) is 19.5 Å². The van der Waals surface area contributed by atoms with Crippen LogP contribution >= 0.6 is 11.3 Å². The van der Waals surface area contributed by atoms with Gasteiger partial charge >= 0.3 is 5.97 Å². The van der Waals surface area contributed by atoms with Crippen LogP contribution < -0.4 is 24.4 Å². The predicted molar refractivity (Wildman–Crippen MR) is 155 cm³/mol. The highest BCUT2D eigenvalue weighted by atomic mass is 32.1. The number of thiazole rings is 1. The van der Waals surface area contributed by atoms with Crippen molar-refractivity contribution in [1.82, 2.24) is 4.57 Å². The number of fused-ring (bicyclic) bond motifs is 1. The van der Waals surface area contributed by atoms with E-state index in [1.807, 2.05) is 6.92 Å². The summed E-state index contributed by atoms with van der Waals surface area (Å²) in [6.07, 6.45) is 1.58. The SMILES string of the molecule is CCOC(=O)C1=C(C)N=c2s/c(=C/c3ccc(-c4cccc([N+](=O)[O-])c4)o3)c(=O)n2[C@@H]1c1cccc(OC)c1OCC. The highest BCUT2D eigenvalue weighted by molar-refractivity contribution is 7.07. The molecule has 0 aliphatic carbocycles. The van der Waals surface area contributed by atoms with Crippen LogP contribution in [0.5, 0.6) is 11.5 Å². The summed E-state index contributed by atoms with van der Waals surface area (Å²) >= 11 is 1.15. The van der Waals surface area contributed by atoms with Gasteiger partial charge in [0.05, 0.1) is 41.0 Å². The van der Waals surface area contributed by atoms with Crippen LogP contribution in [-0.2, 0) is 9.53 Å². The molecule has 5 rings (SSSR count). The average Bonchev–Trinajstić information content (AvgIpc) is 3.57. The molecule has 0 saturated heterocycles. The molecule has 12 heteroatoms. The second kappa shape index (κ2) is 11.9. The number of non-ortho nitro benzene ring substituents is 1. The molecule has 4 aromatic rings. The Kier molecular flexibility index (Phi) is 8.07. The number of nitro benzene ring substituents is 1. The number of carbonyl (C=O) groups is 1. The summed E-state index contributed by atoms with van der Waals surface area (Å²) in [4.78, 5) is 42.9. The molecule has 0 fully saturated rings. The lowest BCUT2D eigenvalue weighted by Gasteiger charge is -2.26. The van der Waals surface area contributed by atoms with Crippen molar-refractivity contribution >= 4 is 29.1 Å². The number of aromatic nitrogens is 1. The van der Waals surface area contributed by atoms with Crippen molar-refractivity contribution in [3.05, 3.63) is 107 Å². The second-order valence-corrected chi connectivity index (χ2v) is 10.1. The Bertz CT molecular complexity index is 1900. The summed E-state index contributed by atoms with van der Waals surface area (Å²) in [5.74, 6) is 1.06. The minimum absolute atomic E-state index is 0.0597. The van der Waals surface area contributed by atoms with Crippen LogP contribution in [-0.4, -0.2) is 35.8 Å². The van der Waals surface area contributed by atoms with E-state index < -0.39 is 22.5 Å². The van der Waals surface area contributed by atoms with Crippen LogP contribution in [0.2, 0.25) is 0 Å². The third kappa shape index (κ3) is 5.23. The van der Waals surface area contributed by atoms with Crippen LogP contribution in [0.25, 0.3) is 17.4 Å². The van der Waals surface area contributed by atoms with Crippen LogP contribution in [0.3, 0.4) is 0 Å². The van der Waals surface area contributed by atoms with Gasteiger partial charge in [-0.05, 0) is 39.0 Å². The van der Waals surface area contributed by atoms with Crippen molar-refractivity contribution in [3.63, 3.8) is 0 Å². The van der Waals surface area contributed by atoms with E-state index in [1.54, 1.807) is 62.4 Å². The maximum absolute atomic E-state index is 14.0. The number of nitrogens with zero attached hydrogens (tertiary/aromatic N) is 3. The van der Waals surface area contributed by atoms with Gasteiger partial charge in [0, 0.05) is 29.3 Å². The Hall–Kier alpha value is -4.97. The van der Waals surface area contributed by atoms with Gasteiger partial charge in [-0.25, -0.2) is 9.79 Å². The predicted octanol–water partition coefficient (Wildman–Crippen LogP) is 4.37. The number of hydrogen-bond donors (Lipinski definition) is 0. The van der Waals surface area contributed by atoms with Crippen molar-refractivity contribution in [1.29, 1.82) is 0 Å². The fourth-order valence-corrected chi connectivity index (χ4v) is 5.81. The molecule has 0 radical (unpaired) electrons. The number of ether oxygens (including phenoxy) is 3. The van der Waals surface area contributed by atoms with Gasteiger partial charge in [0.1, 0.15) is 17.6 Å². The Morgan fingerprint density at radius 1 is 1.17 bits per heavy atom. The molecule has 0 unspecified atom stereocenters. The topological polar surface area (TPSA) is 135 Å². The van der Waals surface area contributed by atoms with E-state index in [-0.39, 0.29) is 17.9 Å². The number of hydrogen-bond acceptors (Lipinski definition) is 10. The van der Waals surface area contributed by atoms with E-state index in [2.05, 4.69) is 4.99 Å². The molecule has 0 N–H and O–H groups in total. The largest absolute Gasteiger partial charge is 0.493 e. The van der Waals surface area contributed by atoms with Gasteiger partial charge in [0.15, 0.2) is 16.3 Å². The quantitative estimate of drug-likeness (QED) is 0.160. The molecule has 0 spiro atoms. The van der Waals surface area contributed by atoms with E-state index in [1.165, 1.54) is 23.8 Å². The lowest BCUT2D eigenvalue weighted by molar-refractivity contribution is -0.384. The van der Waals surface area contributed by atoms with Gasteiger partial charge in [-0.1, -0.05) is 35.6 Å². The number of methoxy groups -OCH3 is 1. The zero-order valence-electron chi connectivity index (χ0n) is 23.3. The second-order valence-electron chi connectivity index (χ2n) is 9.12. The van der Waals surface area contributed by atoms with E-state index in [0.29, 0.717) is 55.8 Å². The van der Waals surface area contributed by atoms with Crippen molar-refractivity contribution in [2.45, 2.75) is 26.8 Å². The summed E-state index contributed by atoms with van der Waals surface area (Å²) in [6.45, 7) is 5.72. The molecule has 0 amide bonds.